The van der Waals surface area contributed by atoms with Crippen LogP contribution >= 0.6 is 0 Å². The quantitative estimate of drug-likeness (QED) is 0.501. The Morgan fingerprint density at radius 1 is 1.16 bits per heavy atom. The summed E-state index contributed by atoms with van der Waals surface area (Å²) in [6, 6.07) is 13.5. The Morgan fingerprint density at radius 3 is 2.48 bits per heavy atom. The highest BCUT2D eigenvalue weighted by atomic mass is 16.5. The second kappa shape index (κ2) is 6.93. The molecule has 0 aliphatic rings. The van der Waals surface area contributed by atoms with Gasteiger partial charge in [0, 0.05) is 11.8 Å². The van der Waals surface area contributed by atoms with Crippen molar-refractivity contribution in [3.8, 4) is 11.1 Å². The number of aldehydes is 1. The highest BCUT2D eigenvalue weighted by Crippen LogP contribution is 2.34. The highest BCUT2D eigenvalue weighted by molar-refractivity contribution is 6.09. The highest BCUT2D eigenvalue weighted by Gasteiger charge is 2.25. The van der Waals surface area contributed by atoms with Crippen LogP contribution < -0.4 is 0 Å². The van der Waals surface area contributed by atoms with E-state index in [9.17, 15) is 9.59 Å². The van der Waals surface area contributed by atoms with Crippen LogP contribution in [0.2, 0.25) is 0 Å². The normalized spacial score (nSPS) is 11.0. The Kier molecular flexibility index (Phi) is 4.70. The first-order valence-electron chi connectivity index (χ1n) is 8.44. The number of esters is 1. The number of benzene rings is 1. The molecule has 3 rings (SSSR count). The van der Waals surface area contributed by atoms with E-state index in [-0.39, 0.29) is 6.61 Å². The molecule has 2 aromatic heterocycles. The molecule has 25 heavy (non-hydrogen) atoms. The van der Waals surface area contributed by atoms with E-state index in [0.717, 1.165) is 11.8 Å². The van der Waals surface area contributed by atoms with E-state index in [2.05, 4.69) is 13.8 Å². The van der Waals surface area contributed by atoms with Crippen molar-refractivity contribution in [2.24, 2.45) is 0 Å². The zero-order chi connectivity index (χ0) is 18.0. The largest absolute Gasteiger partial charge is 0.462 e. The van der Waals surface area contributed by atoms with Crippen molar-refractivity contribution >= 4 is 17.8 Å². The van der Waals surface area contributed by atoms with Crippen molar-refractivity contribution in [2.75, 3.05) is 6.61 Å². The molecule has 0 radical (unpaired) electrons. The average Bonchev–Trinajstić information content (AvgIpc) is 2.96. The molecule has 0 atom stereocenters. The second-order valence-corrected chi connectivity index (χ2v) is 6.21. The molecule has 0 fully saturated rings. The predicted octanol–water partition coefficient (Wildman–Crippen LogP) is 4.72. The van der Waals surface area contributed by atoms with E-state index in [0.29, 0.717) is 28.3 Å². The molecular formula is C21H21NO3. The smallest absolute Gasteiger partial charge is 0.340 e. The van der Waals surface area contributed by atoms with Gasteiger partial charge >= 0.3 is 5.97 Å². The molecule has 128 valence electrons. The van der Waals surface area contributed by atoms with Crippen LogP contribution in [0.15, 0.2) is 48.7 Å². The summed E-state index contributed by atoms with van der Waals surface area (Å²) < 4.78 is 6.99. The molecule has 0 unspecified atom stereocenters. The van der Waals surface area contributed by atoms with Crippen LogP contribution in [0.5, 0.6) is 0 Å². The summed E-state index contributed by atoms with van der Waals surface area (Å²) >= 11 is 0. The number of carbonyl (C=O) groups is 2. The first kappa shape index (κ1) is 17.0. The lowest BCUT2D eigenvalue weighted by molar-refractivity contribution is 0.0529. The van der Waals surface area contributed by atoms with Gasteiger partial charge in [-0.25, -0.2) is 4.79 Å². The number of carbonyl (C=O) groups excluding carboxylic acids is 2. The van der Waals surface area contributed by atoms with Gasteiger partial charge in [0.2, 0.25) is 0 Å². The molecule has 4 nitrogen and oxygen atoms in total. The number of aromatic nitrogens is 1. The first-order chi connectivity index (χ1) is 12.1. The summed E-state index contributed by atoms with van der Waals surface area (Å²) in [6.45, 7) is 6.31. The summed E-state index contributed by atoms with van der Waals surface area (Å²) in [5.74, 6) is -0.000496. The van der Waals surface area contributed by atoms with Gasteiger partial charge in [-0.05, 0) is 36.1 Å². The maximum Gasteiger partial charge on any atom is 0.340 e. The fraction of sp³-hybridized carbons (Fsp3) is 0.238. The molecule has 0 amide bonds. The van der Waals surface area contributed by atoms with E-state index in [1.165, 1.54) is 5.56 Å². The summed E-state index contributed by atoms with van der Waals surface area (Å²) in [6.07, 6.45) is 2.58. The van der Waals surface area contributed by atoms with Crippen molar-refractivity contribution in [1.82, 2.24) is 4.40 Å². The molecule has 4 heteroatoms. The zero-order valence-corrected chi connectivity index (χ0v) is 14.7. The van der Waals surface area contributed by atoms with E-state index >= 15 is 0 Å². The van der Waals surface area contributed by atoms with E-state index < -0.39 is 5.97 Å². The predicted molar refractivity (Wildman–Crippen MR) is 98.3 cm³/mol. The Balaban J connectivity index is 2.30. The van der Waals surface area contributed by atoms with Gasteiger partial charge in [0.25, 0.3) is 0 Å². The minimum Gasteiger partial charge on any atom is -0.462 e. The lowest BCUT2D eigenvalue weighted by atomic mass is 9.96. The monoisotopic (exact) mass is 335 g/mol. The summed E-state index contributed by atoms with van der Waals surface area (Å²) in [7, 11) is 0. The van der Waals surface area contributed by atoms with Crippen molar-refractivity contribution in [3.63, 3.8) is 0 Å². The van der Waals surface area contributed by atoms with Gasteiger partial charge in [-0.1, -0.05) is 44.2 Å². The number of nitrogens with zero attached hydrogens (tertiary/aromatic N) is 1. The van der Waals surface area contributed by atoms with Gasteiger partial charge in [0.1, 0.15) is 0 Å². The van der Waals surface area contributed by atoms with Gasteiger partial charge in [-0.15, -0.1) is 0 Å². The molecule has 0 bridgehead atoms. The molecule has 0 aliphatic carbocycles. The van der Waals surface area contributed by atoms with Gasteiger partial charge in [0.05, 0.1) is 23.4 Å². The number of hydrogen-bond donors (Lipinski definition) is 0. The summed E-state index contributed by atoms with van der Waals surface area (Å²) in [5.41, 5.74) is 4.22. The number of rotatable bonds is 5. The number of hydrogen-bond acceptors (Lipinski definition) is 3. The molecule has 3 aromatic rings. The Labute approximate surface area is 147 Å². The van der Waals surface area contributed by atoms with Crippen LogP contribution in [-0.4, -0.2) is 23.3 Å². The van der Waals surface area contributed by atoms with Gasteiger partial charge < -0.3 is 9.14 Å². The minimum absolute atomic E-state index is 0.283. The lowest BCUT2D eigenvalue weighted by Crippen LogP contribution is -2.05. The Bertz CT molecular complexity index is 920. The Morgan fingerprint density at radius 2 is 1.88 bits per heavy atom. The van der Waals surface area contributed by atoms with Crippen molar-refractivity contribution in [1.29, 1.82) is 0 Å². The fourth-order valence-corrected chi connectivity index (χ4v) is 3.09. The standard InChI is InChI=1S/C21H21NO3/c1-4-25-21(24)20-17-7-5-6-12-22(17)18(13-23)19(20)16-10-8-15(9-11-16)14(2)3/h5-14H,4H2,1-3H3. The summed E-state index contributed by atoms with van der Waals surface area (Å²) in [4.78, 5) is 24.4. The van der Waals surface area contributed by atoms with Crippen LogP contribution in [0.25, 0.3) is 16.6 Å². The third kappa shape index (κ3) is 2.95. The van der Waals surface area contributed by atoms with Crippen molar-refractivity contribution < 1.29 is 14.3 Å². The SMILES string of the molecule is CCOC(=O)c1c(-c2ccc(C(C)C)cc2)c(C=O)n2ccccc12. The van der Waals surface area contributed by atoms with Crippen LogP contribution in [0, 0.1) is 0 Å². The molecule has 0 N–H and O–H groups in total. The lowest BCUT2D eigenvalue weighted by Gasteiger charge is -2.09. The van der Waals surface area contributed by atoms with Crippen molar-refractivity contribution in [3.05, 3.63) is 65.5 Å². The van der Waals surface area contributed by atoms with Crippen LogP contribution in [0.1, 0.15) is 53.1 Å². The minimum atomic E-state index is -0.415. The maximum atomic E-state index is 12.6. The topological polar surface area (TPSA) is 47.8 Å². The molecule has 0 aliphatic heterocycles. The number of pyridine rings is 1. The van der Waals surface area contributed by atoms with Gasteiger partial charge in [-0.3, -0.25) is 4.79 Å². The molecule has 0 spiro atoms. The molecule has 0 saturated carbocycles. The van der Waals surface area contributed by atoms with E-state index in [4.69, 9.17) is 4.74 Å². The first-order valence-corrected chi connectivity index (χ1v) is 8.44. The third-order valence-corrected chi connectivity index (χ3v) is 4.34. The molecule has 0 saturated heterocycles. The second-order valence-electron chi connectivity index (χ2n) is 6.21. The summed E-state index contributed by atoms with van der Waals surface area (Å²) in [5, 5.41) is 0. The van der Waals surface area contributed by atoms with Gasteiger partial charge in [-0.2, -0.15) is 0 Å². The van der Waals surface area contributed by atoms with Gasteiger partial charge in [0.15, 0.2) is 6.29 Å². The third-order valence-electron chi connectivity index (χ3n) is 4.34. The average molecular weight is 335 g/mol. The molecule has 2 heterocycles. The van der Waals surface area contributed by atoms with Crippen LogP contribution in [-0.2, 0) is 4.74 Å². The van der Waals surface area contributed by atoms with Crippen LogP contribution in [0.3, 0.4) is 0 Å². The van der Waals surface area contributed by atoms with Crippen LogP contribution in [0.4, 0.5) is 0 Å². The fourth-order valence-electron chi connectivity index (χ4n) is 3.09. The van der Waals surface area contributed by atoms with E-state index in [1.807, 2.05) is 42.5 Å². The molecule has 1 aromatic carbocycles. The van der Waals surface area contributed by atoms with E-state index in [1.54, 1.807) is 17.5 Å². The van der Waals surface area contributed by atoms with Crippen molar-refractivity contribution in [2.45, 2.75) is 26.7 Å². The zero-order valence-electron chi connectivity index (χ0n) is 14.7. The Hall–Kier alpha value is -2.88. The number of fused-ring (bicyclic) bond motifs is 1. The number of ether oxygens (including phenoxy) is 1. The molecular weight excluding hydrogens is 314 g/mol. The maximum absolute atomic E-state index is 12.6.